The summed E-state index contributed by atoms with van der Waals surface area (Å²) >= 11 is 0. The number of morpholine rings is 1. The van der Waals surface area contributed by atoms with Gasteiger partial charge in [-0.1, -0.05) is 12.8 Å². The van der Waals surface area contributed by atoms with E-state index < -0.39 is 0 Å². The van der Waals surface area contributed by atoms with Crippen molar-refractivity contribution >= 4 is 0 Å². The highest BCUT2D eigenvalue weighted by Crippen LogP contribution is 2.44. The van der Waals surface area contributed by atoms with Crippen molar-refractivity contribution in [2.24, 2.45) is 5.92 Å². The Morgan fingerprint density at radius 1 is 1.12 bits per heavy atom. The Morgan fingerprint density at radius 2 is 1.69 bits per heavy atom. The molecule has 0 aromatic carbocycles. The maximum absolute atomic E-state index is 10.9. The van der Waals surface area contributed by atoms with Gasteiger partial charge in [0.25, 0.3) is 0 Å². The SMILES string of the molecule is CN1C2COCC1CC(O)(C1CCCC1)C2. The molecule has 2 atom stereocenters. The third-order valence-electron chi connectivity index (χ3n) is 5.07. The normalized spacial score (nSPS) is 46.1. The molecule has 3 fully saturated rings. The van der Waals surface area contributed by atoms with Gasteiger partial charge in [-0.2, -0.15) is 0 Å². The number of piperidine rings is 1. The number of hydrogen-bond donors (Lipinski definition) is 1. The molecule has 2 bridgehead atoms. The van der Waals surface area contributed by atoms with Crippen molar-refractivity contribution in [2.45, 2.75) is 56.2 Å². The molecule has 2 aliphatic heterocycles. The van der Waals surface area contributed by atoms with E-state index in [0.29, 0.717) is 18.0 Å². The molecule has 16 heavy (non-hydrogen) atoms. The van der Waals surface area contributed by atoms with E-state index in [1.807, 2.05) is 0 Å². The second-order valence-electron chi connectivity index (χ2n) is 6.00. The van der Waals surface area contributed by atoms with Crippen LogP contribution in [0.2, 0.25) is 0 Å². The summed E-state index contributed by atoms with van der Waals surface area (Å²) in [5, 5.41) is 10.9. The minimum absolute atomic E-state index is 0.387. The van der Waals surface area contributed by atoms with E-state index >= 15 is 0 Å². The zero-order valence-electron chi connectivity index (χ0n) is 10.2. The van der Waals surface area contributed by atoms with Gasteiger partial charge in [-0.15, -0.1) is 0 Å². The molecule has 2 saturated heterocycles. The van der Waals surface area contributed by atoms with Crippen molar-refractivity contribution in [2.75, 3.05) is 20.3 Å². The molecule has 92 valence electrons. The molecule has 0 aromatic heterocycles. The van der Waals surface area contributed by atoms with Crippen LogP contribution in [0.5, 0.6) is 0 Å². The minimum atomic E-state index is -0.387. The summed E-state index contributed by atoms with van der Waals surface area (Å²) in [4.78, 5) is 2.42. The van der Waals surface area contributed by atoms with Crippen LogP contribution in [0.3, 0.4) is 0 Å². The van der Waals surface area contributed by atoms with Gasteiger partial charge in [0.2, 0.25) is 0 Å². The van der Waals surface area contributed by atoms with E-state index in [1.165, 1.54) is 25.7 Å². The van der Waals surface area contributed by atoms with Crippen LogP contribution in [0, 0.1) is 5.92 Å². The Labute approximate surface area is 97.8 Å². The molecule has 1 aliphatic carbocycles. The van der Waals surface area contributed by atoms with Crippen LogP contribution in [0.4, 0.5) is 0 Å². The highest BCUT2D eigenvalue weighted by molar-refractivity contribution is 5.02. The third-order valence-corrected chi connectivity index (χ3v) is 5.07. The van der Waals surface area contributed by atoms with E-state index in [4.69, 9.17) is 4.74 Å². The largest absolute Gasteiger partial charge is 0.389 e. The van der Waals surface area contributed by atoms with Gasteiger partial charge in [0.15, 0.2) is 0 Å². The summed E-state index contributed by atoms with van der Waals surface area (Å²) in [6.45, 7) is 1.62. The fraction of sp³-hybridized carbons (Fsp3) is 1.00. The summed E-state index contributed by atoms with van der Waals surface area (Å²) in [7, 11) is 2.19. The van der Waals surface area contributed by atoms with Gasteiger partial charge in [0.05, 0.1) is 18.8 Å². The first kappa shape index (κ1) is 11.0. The molecule has 2 heterocycles. The first-order chi connectivity index (χ1) is 7.69. The van der Waals surface area contributed by atoms with Crippen molar-refractivity contribution in [3.05, 3.63) is 0 Å². The maximum Gasteiger partial charge on any atom is 0.0707 e. The third kappa shape index (κ3) is 1.69. The number of hydrogen-bond acceptors (Lipinski definition) is 3. The van der Waals surface area contributed by atoms with Gasteiger partial charge >= 0.3 is 0 Å². The molecule has 0 spiro atoms. The minimum Gasteiger partial charge on any atom is -0.389 e. The van der Waals surface area contributed by atoms with Crippen molar-refractivity contribution < 1.29 is 9.84 Å². The Morgan fingerprint density at radius 3 is 2.25 bits per heavy atom. The smallest absolute Gasteiger partial charge is 0.0707 e. The van der Waals surface area contributed by atoms with E-state index in [9.17, 15) is 5.11 Å². The Kier molecular flexibility index (Phi) is 2.73. The number of nitrogens with zero attached hydrogens (tertiary/aromatic N) is 1. The van der Waals surface area contributed by atoms with Gasteiger partial charge in [0.1, 0.15) is 0 Å². The molecule has 3 aliphatic rings. The number of rotatable bonds is 1. The molecule has 2 unspecified atom stereocenters. The van der Waals surface area contributed by atoms with Crippen LogP contribution >= 0.6 is 0 Å². The molecule has 0 radical (unpaired) electrons. The van der Waals surface area contributed by atoms with E-state index in [1.54, 1.807) is 0 Å². The van der Waals surface area contributed by atoms with E-state index in [-0.39, 0.29) is 5.60 Å². The molecule has 3 rings (SSSR count). The molecular weight excluding hydrogens is 202 g/mol. The highest BCUT2D eigenvalue weighted by Gasteiger charge is 2.48. The molecule has 0 aromatic rings. The van der Waals surface area contributed by atoms with E-state index in [2.05, 4.69) is 11.9 Å². The highest BCUT2D eigenvalue weighted by atomic mass is 16.5. The molecular formula is C13H23NO2. The second kappa shape index (κ2) is 3.97. The summed E-state index contributed by atoms with van der Waals surface area (Å²) < 4.78 is 5.61. The molecule has 3 heteroatoms. The summed E-state index contributed by atoms with van der Waals surface area (Å²) in [6.07, 6.45) is 6.94. The zero-order valence-corrected chi connectivity index (χ0v) is 10.2. The average Bonchev–Trinajstić information content (AvgIpc) is 2.74. The van der Waals surface area contributed by atoms with Crippen LogP contribution in [-0.2, 0) is 4.74 Å². The molecule has 1 N–H and O–H groups in total. The lowest BCUT2D eigenvalue weighted by Crippen LogP contribution is -2.61. The van der Waals surface area contributed by atoms with E-state index in [0.717, 1.165) is 26.1 Å². The maximum atomic E-state index is 10.9. The van der Waals surface area contributed by atoms with Crippen LogP contribution in [-0.4, -0.2) is 48.0 Å². The van der Waals surface area contributed by atoms with Gasteiger partial charge < -0.3 is 9.84 Å². The van der Waals surface area contributed by atoms with Gasteiger partial charge in [-0.25, -0.2) is 0 Å². The fourth-order valence-electron chi connectivity index (χ4n) is 3.98. The zero-order chi connectivity index (χ0) is 11.2. The fourth-order valence-corrected chi connectivity index (χ4v) is 3.98. The Hall–Kier alpha value is -0.120. The summed E-state index contributed by atoms with van der Waals surface area (Å²) in [5.41, 5.74) is -0.387. The first-order valence-corrected chi connectivity index (χ1v) is 6.71. The predicted molar refractivity (Wildman–Crippen MR) is 62.3 cm³/mol. The number of fused-ring (bicyclic) bond motifs is 2. The predicted octanol–water partition coefficient (Wildman–Crippen LogP) is 1.40. The van der Waals surface area contributed by atoms with Crippen LogP contribution in [0.1, 0.15) is 38.5 Å². The lowest BCUT2D eigenvalue weighted by molar-refractivity contribution is -0.153. The molecule has 1 saturated carbocycles. The number of ether oxygens (including phenoxy) is 1. The topological polar surface area (TPSA) is 32.7 Å². The average molecular weight is 225 g/mol. The molecule has 0 amide bonds. The standard InChI is InChI=1S/C13H23NO2/c1-14-11-6-13(15,10-4-2-3-5-10)7-12(14)9-16-8-11/h10-12,15H,2-9H2,1H3. The van der Waals surface area contributed by atoms with Gasteiger partial charge in [-0.05, 0) is 38.6 Å². The second-order valence-corrected chi connectivity index (χ2v) is 6.00. The van der Waals surface area contributed by atoms with Crippen molar-refractivity contribution in [3.63, 3.8) is 0 Å². The van der Waals surface area contributed by atoms with Crippen molar-refractivity contribution in [3.8, 4) is 0 Å². The Balaban J connectivity index is 1.77. The molecule has 3 nitrogen and oxygen atoms in total. The van der Waals surface area contributed by atoms with Crippen molar-refractivity contribution in [1.82, 2.24) is 4.90 Å². The number of likely N-dealkylation sites (N-methyl/N-ethyl adjacent to an activating group) is 1. The lowest BCUT2D eigenvalue weighted by Gasteiger charge is -2.52. The van der Waals surface area contributed by atoms with Crippen LogP contribution in [0.15, 0.2) is 0 Å². The Bertz CT molecular complexity index is 249. The first-order valence-electron chi connectivity index (χ1n) is 6.71. The summed E-state index contributed by atoms with van der Waals surface area (Å²) in [5.74, 6) is 0.560. The van der Waals surface area contributed by atoms with Crippen LogP contribution < -0.4 is 0 Å². The quantitative estimate of drug-likeness (QED) is 0.732. The van der Waals surface area contributed by atoms with Crippen LogP contribution in [0.25, 0.3) is 0 Å². The van der Waals surface area contributed by atoms with Gasteiger partial charge in [0, 0.05) is 12.1 Å². The summed E-state index contributed by atoms with van der Waals surface area (Å²) in [6, 6.07) is 0.885. The van der Waals surface area contributed by atoms with Gasteiger partial charge in [-0.3, -0.25) is 4.90 Å². The monoisotopic (exact) mass is 225 g/mol. The number of aliphatic hydroxyl groups is 1. The van der Waals surface area contributed by atoms with Crippen molar-refractivity contribution in [1.29, 1.82) is 0 Å². The lowest BCUT2D eigenvalue weighted by atomic mass is 9.73.